The summed E-state index contributed by atoms with van der Waals surface area (Å²) in [5, 5.41) is 9.93. The Labute approximate surface area is 135 Å². The molecule has 0 aliphatic carbocycles. The molecule has 0 radical (unpaired) electrons. The number of H-pyrrole nitrogens is 1. The summed E-state index contributed by atoms with van der Waals surface area (Å²) in [7, 11) is 0. The molecule has 0 spiro atoms. The molecule has 1 atom stereocenters. The standard InChI is InChI=1S/C16H18ClN5/c1-12-19-15(16(17)20-12)14(11-18)22-9-7-21(8-10-22)13-5-3-2-4-6-13/h2-6,14H,7-10H2,1H3,(H,19,20). The molecule has 114 valence electrons. The first-order chi connectivity index (χ1) is 10.7. The van der Waals surface area contributed by atoms with Crippen molar-refractivity contribution in [1.29, 1.82) is 5.26 Å². The number of nitrogens with zero attached hydrogens (tertiary/aromatic N) is 4. The molecule has 0 bridgehead atoms. The largest absolute Gasteiger partial charge is 0.369 e. The van der Waals surface area contributed by atoms with Gasteiger partial charge in [0, 0.05) is 31.9 Å². The van der Waals surface area contributed by atoms with E-state index >= 15 is 0 Å². The van der Waals surface area contributed by atoms with Crippen molar-refractivity contribution >= 4 is 17.3 Å². The number of para-hydroxylation sites is 1. The van der Waals surface area contributed by atoms with Gasteiger partial charge in [-0.1, -0.05) is 29.8 Å². The number of rotatable bonds is 3. The number of hydrogen-bond acceptors (Lipinski definition) is 4. The second kappa shape index (κ2) is 6.39. The number of piperazine rings is 1. The smallest absolute Gasteiger partial charge is 0.153 e. The molecule has 2 aromatic rings. The molecule has 1 aliphatic rings. The molecule has 1 aliphatic heterocycles. The van der Waals surface area contributed by atoms with Crippen molar-refractivity contribution in [2.75, 3.05) is 31.1 Å². The molecule has 6 heteroatoms. The fourth-order valence-electron chi connectivity index (χ4n) is 2.87. The summed E-state index contributed by atoms with van der Waals surface area (Å²) in [6, 6.07) is 12.3. The van der Waals surface area contributed by atoms with Gasteiger partial charge >= 0.3 is 0 Å². The van der Waals surface area contributed by atoms with Crippen LogP contribution < -0.4 is 4.90 Å². The maximum absolute atomic E-state index is 9.54. The van der Waals surface area contributed by atoms with E-state index in [0.717, 1.165) is 32.0 Å². The van der Waals surface area contributed by atoms with Crippen molar-refractivity contribution in [2.24, 2.45) is 0 Å². The number of nitriles is 1. The first-order valence-electron chi connectivity index (χ1n) is 7.34. The van der Waals surface area contributed by atoms with Crippen LogP contribution in [0.15, 0.2) is 30.3 Å². The van der Waals surface area contributed by atoms with E-state index in [0.29, 0.717) is 10.8 Å². The number of aromatic nitrogens is 2. The van der Waals surface area contributed by atoms with Crippen LogP contribution in [0.4, 0.5) is 5.69 Å². The highest BCUT2D eigenvalue weighted by molar-refractivity contribution is 6.30. The third kappa shape index (κ3) is 2.94. The first-order valence-corrected chi connectivity index (χ1v) is 7.72. The van der Waals surface area contributed by atoms with Gasteiger partial charge in [-0.15, -0.1) is 0 Å². The topological polar surface area (TPSA) is 59.0 Å². The Balaban J connectivity index is 1.70. The molecular formula is C16H18ClN5. The molecule has 2 heterocycles. The normalized spacial score (nSPS) is 17.2. The Morgan fingerprint density at radius 2 is 1.91 bits per heavy atom. The molecule has 0 saturated carbocycles. The maximum atomic E-state index is 9.54. The number of halogens is 1. The first kappa shape index (κ1) is 14.9. The lowest BCUT2D eigenvalue weighted by Crippen LogP contribution is -2.47. The average molecular weight is 316 g/mol. The zero-order valence-corrected chi connectivity index (χ0v) is 13.2. The summed E-state index contributed by atoms with van der Waals surface area (Å²) in [4.78, 5) is 11.8. The van der Waals surface area contributed by atoms with Gasteiger partial charge in [0.2, 0.25) is 0 Å². The molecule has 3 rings (SSSR count). The van der Waals surface area contributed by atoms with Gasteiger partial charge in [0.1, 0.15) is 11.9 Å². The number of nitrogens with one attached hydrogen (secondary N) is 1. The number of benzene rings is 1. The van der Waals surface area contributed by atoms with E-state index in [2.05, 4.69) is 38.0 Å². The van der Waals surface area contributed by atoms with Crippen LogP contribution in [0.25, 0.3) is 0 Å². The van der Waals surface area contributed by atoms with Gasteiger partial charge in [-0.25, -0.2) is 4.98 Å². The zero-order chi connectivity index (χ0) is 15.5. The highest BCUT2D eigenvalue weighted by Gasteiger charge is 2.28. The fourth-order valence-corrected chi connectivity index (χ4v) is 3.15. The number of anilines is 1. The van der Waals surface area contributed by atoms with E-state index in [4.69, 9.17) is 11.6 Å². The third-order valence-corrected chi connectivity index (χ3v) is 4.29. The number of hydrogen-bond donors (Lipinski definition) is 1. The molecule has 5 nitrogen and oxygen atoms in total. The third-order valence-electron chi connectivity index (χ3n) is 4.00. The van der Waals surface area contributed by atoms with Crippen molar-refractivity contribution in [1.82, 2.24) is 14.9 Å². The lowest BCUT2D eigenvalue weighted by atomic mass is 10.1. The Morgan fingerprint density at radius 3 is 2.45 bits per heavy atom. The number of aromatic amines is 1. The Bertz CT molecular complexity index is 668. The average Bonchev–Trinajstić information content (AvgIpc) is 2.88. The van der Waals surface area contributed by atoms with Gasteiger partial charge in [0.05, 0.1) is 11.8 Å². The Kier molecular flexibility index (Phi) is 4.32. The van der Waals surface area contributed by atoms with Gasteiger partial charge in [-0.3, -0.25) is 4.90 Å². The van der Waals surface area contributed by atoms with Gasteiger partial charge < -0.3 is 9.88 Å². The summed E-state index contributed by atoms with van der Waals surface area (Å²) in [5.41, 5.74) is 1.93. The van der Waals surface area contributed by atoms with Crippen LogP contribution >= 0.6 is 11.6 Å². The summed E-state index contributed by atoms with van der Waals surface area (Å²) < 4.78 is 0. The van der Waals surface area contributed by atoms with E-state index in [1.807, 2.05) is 25.1 Å². The van der Waals surface area contributed by atoms with Gasteiger partial charge in [-0.05, 0) is 19.1 Å². The van der Waals surface area contributed by atoms with Crippen LogP contribution in [0.5, 0.6) is 0 Å². The van der Waals surface area contributed by atoms with Crippen molar-refractivity contribution in [3.05, 3.63) is 47.0 Å². The Hall–Kier alpha value is -2.03. The number of imidazole rings is 1. The molecule has 0 amide bonds. The molecule has 1 saturated heterocycles. The maximum Gasteiger partial charge on any atom is 0.153 e. The summed E-state index contributed by atoms with van der Waals surface area (Å²) in [6.45, 7) is 5.28. The highest BCUT2D eigenvalue weighted by Crippen LogP contribution is 2.27. The molecule has 1 fully saturated rings. The van der Waals surface area contributed by atoms with E-state index in [1.165, 1.54) is 5.69 Å². The van der Waals surface area contributed by atoms with Crippen molar-refractivity contribution < 1.29 is 0 Å². The minimum Gasteiger partial charge on any atom is -0.369 e. The number of aryl methyl sites for hydroxylation is 1. The minimum absolute atomic E-state index is 0.369. The van der Waals surface area contributed by atoms with Crippen LogP contribution in [0.1, 0.15) is 17.6 Å². The molecule has 1 aromatic carbocycles. The molecule has 1 aromatic heterocycles. The molecule has 22 heavy (non-hydrogen) atoms. The predicted molar refractivity (Wildman–Crippen MR) is 86.9 cm³/mol. The van der Waals surface area contributed by atoms with E-state index in [9.17, 15) is 5.26 Å². The van der Waals surface area contributed by atoms with Crippen molar-refractivity contribution in [2.45, 2.75) is 13.0 Å². The van der Waals surface area contributed by atoms with Gasteiger partial charge in [0.25, 0.3) is 0 Å². The van der Waals surface area contributed by atoms with Gasteiger partial charge in [0.15, 0.2) is 5.15 Å². The van der Waals surface area contributed by atoms with E-state index in [1.54, 1.807) is 0 Å². The van der Waals surface area contributed by atoms with Crippen LogP contribution in [0.2, 0.25) is 5.15 Å². The zero-order valence-electron chi connectivity index (χ0n) is 12.5. The fraction of sp³-hybridized carbons (Fsp3) is 0.375. The second-order valence-electron chi connectivity index (χ2n) is 5.42. The summed E-state index contributed by atoms with van der Waals surface area (Å²) in [5.74, 6) is 0.739. The van der Waals surface area contributed by atoms with E-state index < -0.39 is 0 Å². The predicted octanol–water partition coefficient (Wildman–Crippen LogP) is 2.76. The summed E-state index contributed by atoms with van der Waals surface area (Å²) >= 11 is 6.13. The molecular weight excluding hydrogens is 298 g/mol. The SMILES string of the molecule is Cc1nc(Cl)c(C(C#N)N2CCN(c3ccccc3)CC2)[nH]1. The Morgan fingerprint density at radius 1 is 1.23 bits per heavy atom. The lowest BCUT2D eigenvalue weighted by Gasteiger charge is -2.37. The van der Waals surface area contributed by atoms with Crippen molar-refractivity contribution in [3.63, 3.8) is 0 Å². The minimum atomic E-state index is -0.369. The van der Waals surface area contributed by atoms with Crippen LogP contribution in [0.3, 0.4) is 0 Å². The van der Waals surface area contributed by atoms with Crippen LogP contribution in [-0.4, -0.2) is 41.0 Å². The van der Waals surface area contributed by atoms with Crippen LogP contribution in [0, 0.1) is 18.3 Å². The van der Waals surface area contributed by atoms with E-state index in [-0.39, 0.29) is 6.04 Å². The highest BCUT2D eigenvalue weighted by atomic mass is 35.5. The van der Waals surface area contributed by atoms with Crippen LogP contribution in [-0.2, 0) is 0 Å². The van der Waals surface area contributed by atoms with Gasteiger partial charge in [-0.2, -0.15) is 5.26 Å². The monoisotopic (exact) mass is 315 g/mol. The molecule has 1 unspecified atom stereocenters. The second-order valence-corrected chi connectivity index (χ2v) is 5.77. The lowest BCUT2D eigenvalue weighted by molar-refractivity contribution is 0.219. The molecule has 1 N–H and O–H groups in total. The van der Waals surface area contributed by atoms with Crippen molar-refractivity contribution in [3.8, 4) is 6.07 Å². The quantitative estimate of drug-likeness (QED) is 0.946. The summed E-state index contributed by atoms with van der Waals surface area (Å²) in [6.07, 6.45) is 0.